The van der Waals surface area contributed by atoms with Gasteiger partial charge in [-0.3, -0.25) is 4.79 Å². The van der Waals surface area contributed by atoms with E-state index in [1.54, 1.807) is 35.2 Å². The molecule has 146 valence electrons. The number of hydrogen-bond acceptors (Lipinski definition) is 4. The third kappa shape index (κ3) is 3.32. The van der Waals surface area contributed by atoms with Gasteiger partial charge in [0.15, 0.2) is 0 Å². The number of carbonyl (C=O) groups excluding carboxylic acids is 1. The first-order valence-corrected chi connectivity index (χ1v) is 9.34. The van der Waals surface area contributed by atoms with Crippen molar-refractivity contribution in [1.29, 1.82) is 0 Å². The van der Waals surface area contributed by atoms with Gasteiger partial charge < -0.3 is 9.30 Å². The van der Waals surface area contributed by atoms with Gasteiger partial charge in [0.05, 0.1) is 18.4 Å². The van der Waals surface area contributed by atoms with Crippen LogP contribution in [0.1, 0.15) is 21.5 Å². The quantitative estimate of drug-likeness (QED) is 0.478. The molecular formula is C22H18ClN3O3. The van der Waals surface area contributed by atoms with Crippen molar-refractivity contribution in [3.63, 3.8) is 0 Å². The fraction of sp³-hybridized carbons (Fsp3) is 0.136. The van der Waals surface area contributed by atoms with Crippen LogP contribution in [-0.2, 0) is 4.74 Å². The topological polar surface area (TPSA) is 66.1 Å². The van der Waals surface area contributed by atoms with Gasteiger partial charge in [0.2, 0.25) is 0 Å². The van der Waals surface area contributed by atoms with Gasteiger partial charge in [0.25, 0.3) is 5.56 Å². The summed E-state index contributed by atoms with van der Waals surface area (Å²) in [5.41, 5.74) is 3.82. The molecule has 2 aromatic rings. The summed E-state index contributed by atoms with van der Waals surface area (Å²) in [5.74, 6) is -0.571. The number of rotatable bonds is 3. The summed E-state index contributed by atoms with van der Waals surface area (Å²) >= 11 is 6.16. The van der Waals surface area contributed by atoms with Crippen LogP contribution >= 0.6 is 11.6 Å². The van der Waals surface area contributed by atoms with Gasteiger partial charge in [-0.05, 0) is 49.2 Å². The zero-order valence-corrected chi connectivity index (χ0v) is 16.9. The number of halogens is 1. The van der Waals surface area contributed by atoms with Crippen LogP contribution in [0.4, 0.5) is 0 Å². The van der Waals surface area contributed by atoms with Gasteiger partial charge >= 0.3 is 5.97 Å². The van der Waals surface area contributed by atoms with Gasteiger partial charge in [-0.2, -0.15) is 9.78 Å². The molecular weight excluding hydrogens is 390 g/mol. The van der Waals surface area contributed by atoms with Crippen molar-refractivity contribution in [3.05, 3.63) is 86.9 Å². The van der Waals surface area contributed by atoms with Crippen molar-refractivity contribution in [2.24, 2.45) is 0 Å². The highest BCUT2D eigenvalue weighted by Crippen LogP contribution is 2.27. The normalized spacial score (nSPS) is 11.0. The van der Waals surface area contributed by atoms with E-state index in [1.807, 2.05) is 38.1 Å². The van der Waals surface area contributed by atoms with Crippen LogP contribution in [0.5, 0.6) is 0 Å². The first-order valence-electron chi connectivity index (χ1n) is 8.96. The Labute approximate surface area is 172 Å². The Hall–Kier alpha value is -3.38. The summed E-state index contributed by atoms with van der Waals surface area (Å²) in [6, 6.07) is 12.9. The summed E-state index contributed by atoms with van der Waals surface area (Å²) in [6.07, 6.45) is 3.28. The summed E-state index contributed by atoms with van der Waals surface area (Å²) in [7, 11) is 1.30. The number of esters is 1. The van der Waals surface area contributed by atoms with Crippen LogP contribution in [0.3, 0.4) is 0 Å². The van der Waals surface area contributed by atoms with Gasteiger partial charge in [-0.1, -0.05) is 29.8 Å². The van der Waals surface area contributed by atoms with Crippen LogP contribution in [-0.4, -0.2) is 27.4 Å². The molecule has 4 rings (SSSR count). The van der Waals surface area contributed by atoms with Gasteiger partial charge in [-0.15, -0.1) is 0 Å². The number of aromatic nitrogens is 3. The second kappa shape index (κ2) is 7.22. The van der Waals surface area contributed by atoms with Crippen molar-refractivity contribution < 1.29 is 9.53 Å². The molecule has 7 heteroatoms. The lowest BCUT2D eigenvalue weighted by Crippen LogP contribution is -2.15. The van der Waals surface area contributed by atoms with Crippen molar-refractivity contribution in [1.82, 2.24) is 14.3 Å². The molecule has 0 unspecified atom stereocenters. The largest absolute Gasteiger partial charge is 0.465 e. The Balaban J connectivity index is 2.03. The number of ether oxygens (including phenoxy) is 1. The second-order valence-electron chi connectivity index (χ2n) is 6.82. The molecule has 0 saturated carbocycles. The molecule has 6 nitrogen and oxygen atoms in total. The lowest BCUT2D eigenvalue weighted by atomic mass is 10.1. The summed E-state index contributed by atoms with van der Waals surface area (Å²) in [5, 5.41) is 4.98. The predicted molar refractivity (Wildman–Crippen MR) is 112 cm³/mol. The molecule has 0 aliphatic carbocycles. The molecule has 2 heterocycles. The van der Waals surface area contributed by atoms with E-state index in [1.165, 1.54) is 11.8 Å². The summed E-state index contributed by atoms with van der Waals surface area (Å²) in [4.78, 5) is 25.6. The molecule has 0 N–H and O–H groups in total. The fourth-order valence-electron chi connectivity index (χ4n) is 3.30. The first-order chi connectivity index (χ1) is 13.9. The molecule has 2 aliphatic heterocycles. The summed E-state index contributed by atoms with van der Waals surface area (Å²) in [6.45, 7) is 3.86. The van der Waals surface area contributed by atoms with E-state index >= 15 is 0 Å². The van der Waals surface area contributed by atoms with Gasteiger partial charge in [-0.25, -0.2) is 4.79 Å². The number of methoxy groups -OCH3 is 1. The Morgan fingerprint density at radius 1 is 1.10 bits per heavy atom. The fourth-order valence-corrected chi connectivity index (χ4v) is 3.47. The third-order valence-corrected chi connectivity index (χ3v) is 5.01. The monoisotopic (exact) mass is 407 g/mol. The van der Waals surface area contributed by atoms with Crippen molar-refractivity contribution in [2.45, 2.75) is 13.8 Å². The Morgan fingerprint density at radius 2 is 1.90 bits per heavy atom. The van der Waals surface area contributed by atoms with Crippen LogP contribution < -0.4 is 5.56 Å². The molecule has 29 heavy (non-hydrogen) atoms. The van der Waals surface area contributed by atoms with Crippen molar-refractivity contribution in [2.75, 3.05) is 7.11 Å². The van der Waals surface area contributed by atoms with E-state index in [0.29, 0.717) is 22.0 Å². The summed E-state index contributed by atoms with van der Waals surface area (Å²) < 4.78 is 7.95. The molecule has 0 spiro atoms. The maximum absolute atomic E-state index is 13.1. The van der Waals surface area contributed by atoms with Gasteiger partial charge in [0, 0.05) is 23.1 Å². The zero-order chi connectivity index (χ0) is 20.7. The highest BCUT2D eigenvalue weighted by atomic mass is 35.5. The number of nitrogens with zero attached hydrogens (tertiary/aromatic N) is 3. The predicted octanol–water partition coefficient (Wildman–Crippen LogP) is 4.18. The number of fused-ring (bicyclic) bond motifs is 1. The number of aryl methyl sites for hydroxylation is 2. The number of benzene rings is 2. The second-order valence-corrected chi connectivity index (χ2v) is 7.26. The molecule has 0 radical (unpaired) electrons. The van der Waals surface area contributed by atoms with Crippen LogP contribution in [0.25, 0.3) is 22.6 Å². The van der Waals surface area contributed by atoms with E-state index in [-0.39, 0.29) is 11.1 Å². The minimum atomic E-state index is -0.571. The van der Waals surface area contributed by atoms with Crippen LogP contribution in [0.2, 0.25) is 5.02 Å². The van der Waals surface area contributed by atoms with E-state index in [4.69, 9.17) is 16.3 Å². The van der Waals surface area contributed by atoms with Crippen molar-refractivity contribution >= 4 is 17.6 Å². The van der Waals surface area contributed by atoms with Crippen molar-refractivity contribution in [3.8, 4) is 22.6 Å². The van der Waals surface area contributed by atoms with Crippen LogP contribution in [0.15, 0.2) is 59.7 Å². The first kappa shape index (κ1) is 19.0. The molecule has 0 saturated heterocycles. The smallest absolute Gasteiger partial charge is 0.341 e. The maximum atomic E-state index is 13.1. The van der Waals surface area contributed by atoms with E-state index < -0.39 is 5.97 Å². The average molecular weight is 408 g/mol. The number of pyridine rings is 1. The Bertz CT molecular complexity index is 1270. The van der Waals surface area contributed by atoms with E-state index in [0.717, 1.165) is 16.8 Å². The molecule has 0 bridgehead atoms. The molecule has 0 fully saturated rings. The molecule has 0 aromatic heterocycles. The lowest BCUT2D eigenvalue weighted by molar-refractivity contribution is 0.0600. The molecule has 0 atom stereocenters. The number of carbonyl (C=O) groups is 1. The number of hydrogen-bond donors (Lipinski definition) is 0. The minimum Gasteiger partial charge on any atom is -0.465 e. The van der Waals surface area contributed by atoms with Gasteiger partial charge in [0.1, 0.15) is 11.3 Å². The molecule has 2 aliphatic rings. The highest BCUT2D eigenvalue weighted by Gasteiger charge is 2.25. The lowest BCUT2D eigenvalue weighted by Gasteiger charge is -2.14. The standard InChI is InChI=1S/C22H18ClN3O3/c1-13-5-4-6-16(9-13)26-21(27)17-11-25(19-10-15(23)8-7-14(19)2)12-18(20(17)24-26)22(28)29-3/h4-12H,1-3H3. The van der Waals surface area contributed by atoms with E-state index in [2.05, 4.69) is 5.10 Å². The SMILES string of the molecule is COC(=O)c1cn(-c2cc(Cl)ccc2C)cc2c(=O)n(-c3cccc(C)c3)nc1-2. The third-order valence-electron chi connectivity index (χ3n) is 4.77. The zero-order valence-electron chi connectivity index (χ0n) is 16.1. The highest BCUT2D eigenvalue weighted by molar-refractivity contribution is 6.30. The molecule has 2 aromatic carbocycles. The Kier molecular flexibility index (Phi) is 4.72. The average Bonchev–Trinajstić information content (AvgIpc) is 3.05. The maximum Gasteiger partial charge on any atom is 0.341 e. The van der Waals surface area contributed by atoms with E-state index in [9.17, 15) is 9.59 Å². The molecule has 0 amide bonds. The Morgan fingerprint density at radius 3 is 2.62 bits per heavy atom. The minimum absolute atomic E-state index is 0.202. The van der Waals surface area contributed by atoms with Crippen LogP contribution in [0, 0.1) is 13.8 Å².